The lowest BCUT2D eigenvalue weighted by molar-refractivity contribution is 0.0143. The highest BCUT2D eigenvalue weighted by molar-refractivity contribution is 4.84. The van der Waals surface area contributed by atoms with Crippen molar-refractivity contribution in [2.24, 2.45) is 17.8 Å². The van der Waals surface area contributed by atoms with Gasteiger partial charge in [0.05, 0.1) is 12.2 Å². The van der Waals surface area contributed by atoms with Crippen LogP contribution in [0.3, 0.4) is 0 Å². The molecular formula is C10H20O. The van der Waals surface area contributed by atoms with Crippen LogP contribution >= 0.6 is 0 Å². The van der Waals surface area contributed by atoms with Gasteiger partial charge in [0.15, 0.2) is 0 Å². The maximum atomic E-state index is 5.85. The maximum Gasteiger partial charge on any atom is 0.0630 e. The molecule has 1 saturated heterocycles. The Morgan fingerprint density at radius 3 is 1.73 bits per heavy atom. The zero-order chi connectivity index (χ0) is 8.59. The molecule has 0 amide bonds. The topological polar surface area (TPSA) is 9.23 Å². The molecule has 1 aliphatic heterocycles. The second-order valence-electron chi connectivity index (χ2n) is 4.27. The van der Waals surface area contributed by atoms with E-state index in [0.717, 1.165) is 11.8 Å². The molecule has 0 N–H and O–H groups in total. The highest BCUT2D eigenvalue weighted by Gasteiger charge is 2.37. The van der Waals surface area contributed by atoms with Gasteiger partial charge in [-0.05, 0) is 24.7 Å². The van der Waals surface area contributed by atoms with E-state index in [4.69, 9.17) is 4.74 Å². The summed E-state index contributed by atoms with van der Waals surface area (Å²) in [5, 5.41) is 0. The molecular weight excluding hydrogens is 136 g/mol. The standard InChI is InChI=1S/C10H20O/c1-6(2)10-8(4)7(3)9(5)11-10/h6-10H,1-5H3. The van der Waals surface area contributed by atoms with Crippen molar-refractivity contribution in [1.82, 2.24) is 0 Å². The predicted octanol–water partition coefficient (Wildman–Crippen LogP) is 2.70. The molecule has 0 aromatic rings. The third-order valence-corrected chi connectivity index (χ3v) is 3.12. The monoisotopic (exact) mass is 156 g/mol. The van der Waals surface area contributed by atoms with E-state index >= 15 is 0 Å². The molecule has 4 unspecified atom stereocenters. The molecule has 0 aliphatic carbocycles. The summed E-state index contributed by atoms with van der Waals surface area (Å²) < 4.78 is 5.85. The van der Waals surface area contributed by atoms with Crippen molar-refractivity contribution < 1.29 is 4.74 Å². The van der Waals surface area contributed by atoms with Crippen LogP contribution in [0.1, 0.15) is 34.6 Å². The molecule has 1 fully saturated rings. The SMILES string of the molecule is CC(C)C1OC(C)C(C)C1C. The van der Waals surface area contributed by atoms with Crippen LogP contribution < -0.4 is 0 Å². The van der Waals surface area contributed by atoms with Crippen LogP contribution in [-0.2, 0) is 4.74 Å². The Balaban J connectivity index is 2.59. The predicted molar refractivity (Wildman–Crippen MR) is 47.5 cm³/mol. The molecule has 0 saturated carbocycles. The van der Waals surface area contributed by atoms with Gasteiger partial charge in [0.2, 0.25) is 0 Å². The summed E-state index contributed by atoms with van der Waals surface area (Å²) in [5.41, 5.74) is 0. The van der Waals surface area contributed by atoms with Gasteiger partial charge in [-0.1, -0.05) is 27.7 Å². The van der Waals surface area contributed by atoms with E-state index < -0.39 is 0 Å². The summed E-state index contributed by atoms with van der Waals surface area (Å²) >= 11 is 0. The summed E-state index contributed by atoms with van der Waals surface area (Å²) in [6.07, 6.45) is 0.942. The van der Waals surface area contributed by atoms with Crippen LogP contribution in [-0.4, -0.2) is 12.2 Å². The minimum Gasteiger partial charge on any atom is -0.374 e. The second kappa shape index (κ2) is 3.14. The van der Waals surface area contributed by atoms with Gasteiger partial charge in [-0.2, -0.15) is 0 Å². The Bertz CT molecular complexity index is 131. The molecule has 66 valence electrons. The van der Waals surface area contributed by atoms with Crippen LogP contribution in [0.25, 0.3) is 0 Å². The molecule has 1 aliphatic rings. The summed E-state index contributed by atoms with van der Waals surface area (Å²) in [6.45, 7) is 11.3. The van der Waals surface area contributed by atoms with E-state index in [-0.39, 0.29) is 0 Å². The molecule has 0 bridgehead atoms. The van der Waals surface area contributed by atoms with Crippen molar-refractivity contribution in [3.05, 3.63) is 0 Å². The van der Waals surface area contributed by atoms with Crippen LogP contribution in [0, 0.1) is 17.8 Å². The zero-order valence-electron chi connectivity index (χ0n) is 8.29. The number of hydrogen-bond donors (Lipinski definition) is 0. The first-order chi connectivity index (χ1) is 5.04. The van der Waals surface area contributed by atoms with Crippen molar-refractivity contribution in [3.63, 3.8) is 0 Å². The highest BCUT2D eigenvalue weighted by atomic mass is 16.5. The largest absolute Gasteiger partial charge is 0.374 e. The van der Waals surface area contributed by atoms with Crippen molar-refractivity contribution in [3.8, 4) is 0 Å². The lowest BCUT2D eigenvalue weighted by Crippen LogP contribution is -2.21. The normalized spacial score (nSPS) is 45.3. The molecule has 4 atom stereocenters. The fourth-order valence-corrected chi connectivity index (χ4v) is 1.99. The fourth-order valence-electron chi connectivity index (χ4n) is 1.99. The molecule has 1 rings (SSSR count). The Morgan fingerprint density at radius 2 is 1.55 bits per heavy atom. The van der Waals surface area contributed by atoms with Gasteiger partial charge in [-0.25, -0.2) is 0 Å². The molecule has 1 heterocycles. The van der Waals surface area contributed by atoms with Crippen molar-refractivity contribution in [2.75, 3.05) is 0 Å². The Morgan fingerprint density at radius 1 is 1.00 bits per heavy atom. The number of hydrogen-bond acceptors (Lipinski definition) is 1. The number of rotatable bonds is 1. The lowest BCUT2D eigenvalue weighted by atomic mass is 9.86. The van der Waals surface area contributed by atoms with Crippen LogP contribution in [0.4, 0.5) is 0 Å². The van der Waals surface area contributed by atoms with Gasteiger partial charge in [0.1, 0.15) is 0 Å². The lowest BCUT2D eigenvalue weighted by Gasteiger charge is -2.19. The van der Waals surface area contributed by atoms with Crippen LogP contribution in [0.5, 0.6) is 0 Å². The van der Waals surface area contributed by atoms with Gasteiger partial charge in [-0.3, -0.25) is 0 Å². The zero-order valence-corrected chi connectivity index (χ0v) is 8.29. The summed E-state index contributed by atoms with van der Waals surface area (Å²) in [4.78, 5) is 0. The average Bonchev–Trinajstić information content (AvgIpc) is 2.17. The summed E-state index contributed by atoms with van der Waals surface area (Å²) in [7, 11) is 0. The van der Waals surface area contributed by atoms with Crippen LogP contribution in [0.15, 0.2) is 0 Å². The molecule has 0 radical (unpaired) electrons. The minimum absolute atomic E-state index is 0.456. The Kier molecular flexibility index (Phi) is 2.58. The van der Waals surface area contributed by atoms with Crippen molar-refractivity contribution in [2.45, 2.75) is 46.8 Å². The molecule has 1 heteroatoms. The third-order valence-electron chi connectivity index (χ3n) is 3.12. The fraction of sp³-hybridized carbons (Fsp3) is 1.00. The second-order valence-corrected chi connectivity index (χ2v) is 4.27. The smallest absolute Gasteiger partial charge is 0.0630 e. The number of ether oxygens (including phenoxy) is 1. The summed E-state index contributed by atoms with van der Waals surface area (Å²) in [6, 6.07) is 0. The first kappa shape index (κ1) is 9.05. The van der Waals surface area contributed by atoms with E-state index in [9.17, 15) is 0 Å². The van der Waals surface area contributed by atoms with E-state index in [0.29, 0.717) is 18.1 Å². The van der Waals surface area contributed by atoms with Gasteiger partial charge >= 0.3 is 0 Å². The molecule has 0 aromatic carbocycles. The van der Waals surface area contributed by atoms with E-state index in [1.807, 2.05) is 0 Å². The van der Waals surface area contributed by atoms with E-state index in [1.165, 1.54) is 0 Å². The van der Waals surface area contributed by atoms with Crippen LogP contribution in [0.2, 0.25) is 0 Å². The van der Waals surface area contributed by atoms with Gasteiger partial charge in [0, 0.05) is 0 Å². The molecule has 1 nitrogen and oxygen atoms in total. The van der Waals surface area contributed by atoms with Crippen molar-refractivity contribution >= 4 is 0 Å². The first-order valence-electron chi connectivity index (χ1n) is 4.69. The van der Waals surface area contributed by atoms with Gasteiger partial charge in [-0.15, -0.1) is 0 Å². The molecule has 0 aromatic heterocycles. The first-order valence-corrected chi connectivity index (χ1v) is 4.69. The summed E-state index contributed by atoms with van der Waals surface area (Å²) in [5.74, 6) is 2.12. The van der Waals surface area contributed by atoms with Crippen molar-refractivity contribution in [1.29, 1.82) is 0 Å². The quantitative estimate of drug-likeness (QED) is 0.567. The molecule has 11 heavy (non-hydrogen) atoms. The van der Waals surface area contributed by atoms with Gasteiger partial charge < -0.3 is 4.74 Å². The third kappa shape index (κ3) is 1.58. The van der Waals surface area contributed by atoms with E-state index in [2.05, 4.69) is 34.6 Å². The average molecular weight is 156 g/mol. The highest BCUT2D eigenvalue weighted by Crippen LogP contribution is 2.35. The van der Waals surface area contributed by atoms with Gasteiger partial charge in [0.25, 0.3) is 0 Å². The minimum atomic E-state index is 0.456. The maximum absolute atomic E-state index is 5.85. The van der Waals surface area contributed by atoms with E-state index in [1.54, 1.807) is 0 Å². The Hall–Kier alpha value is -0.0400. The Labute approximate surface area is 70.1 Å². The molecule has 0 spiro atoms.